The van der Waals surface area contributed by atoms with E-state index in [1.54, 1.807) is 0 Å². The fourth-order valence-corrected chi connectivity index (χ4v) is 2.12. The average molecular weight is 323 g/mol. The van der Waals surface area contributed by atoms with Crippen LogP contribution in [-0.4, -0.2) is 54.9 Å². The molecule has 21 heavy (non-hydrogen) atoms. The van der Waals surface area contributed by atoms with Crippen molar-refractivity contribution in [3.63, 3.8) is 0 Å². The third-order valence-corrected chi connectivity index (χ3v) is 3.30. The topological polar surface area (TPSA) is 174 Å². The normalized spacial score (nSPS) is 28.8. The minimum absolute atomic E-state index is 0.417. The van der Waals surface area contributed by atoms with Gasteiger partial charge in [0.15, 0.2) is 17.1 Å². The number of nitro groups is 1. The van der Waals surface area contributed by atoms with Crippen molar-refractivity contribution < 1.29 is 25.0 Å². The summed E-state index contributed by atoms with van der Waals surface area (Å²) in [6.45, 7) is -0.631. The zero-order valence-electron chi connectivity index (χ0n) is 10.3. The largest absolute Gasteiger partial charge is 0.394 e. The quantitative estimate of drug-likeness (QED) is 0.362. The van der Waals surface area contributed by atoms with Crippen LogP contribution in [0.4, 0.5) is 11.4 Å². The summed E-state index contributed by atoms with van der Waals surface area (Å²) in [7, 11) is 0. The van der Waals surface area contributed by atoms with E-state index < -0.39 is 58.2 Å². The molecule has 0 bridgehead atoms. The van der Waals surface area contributed by atoms with Crippen LogP contribution in [0.1, 0.15) is 6.23 Å². The molecule has 1 aliphatic rings. The number of aromatic nitrogens is 2. The second-order valence-electron chi connectivity index (χ2n) is 4.29. The molecule has 2 rings (SSSR count). The van der Waals surface area contributed by atoms with Crippen molar-refractivity contribution in [2.24, 2.45) is 0 Å². The molecule has 0 unspecified atom stereocenters. The van der Waals surface area contributed by atoms with E-state index in [0.29, 0.717) is 4.68 Å². The zero-order valence-corrected chi connectivity index (χ0v) is 11.0. The van der Waals surface area contributed by atoms with Crippen molar-refractivity contribution in [2.75, 3.05) is 12.3 Å². The summed E-state index contributed by atoms with van der Waals surface area (Å²) in [4.78, 5) is 21.8. The maximum Gasteiger partial charge on any atom is 0.361 e. The Morgan fingerprint density at radius 3 is 2.57 bits per heavy atom. The van der Waals surface area contributed by atoms with E-state index in [1.165, 1.54) is 0 Å². The van der Waals surface area contributed by atoms with Crippen molar-refractivity contribution >= 4 is 23.0 Å². The van der Waals surface area contributed by atoms with Crippen LogP contribution in [0, 0.1) is 10.1 Å². The highest BCUT2D eigenvalue weighted by molar-refractivity contribution is 6.32. The third kappa shape index (κ3) is 2.45. The molecule has 0 spiro atoms. The van der Waals surface area contributed by atoms with E-state index in [-0.39, 0.29) is 0 Å². The Balaban J connectivity index is 2.56. The Bertz CT molecular complexity index is 635. The van der Waals surface area contributed by atoms with Crippen LogP contribution in [0.15, 0.2) is 4.79 Å². The lowest BCUT2D eigenvalue weighted by molar-refractivity contribution is -0.385. The number of hydrogen-bond donors (Lipinski definition) is 4. The Morgan fingerprint density at radius 1 is 1.48 bits per heavy atom. The lowest BCUT2D eigenvalue weighted by Crippen LogP contribution is -2.37. The first kappa shape index (κ1) is 15.6. The van der Waals surface area contributed by atoms with E-state index in [4.69, 9.17) is 27.2 Å². The molecule has 12 heteroatoms. The summed E-state index contributed by atoms with van der Waals surface area (Å²) < 4.78 is 5.48. The van der Waals surface area contributed by atoms with Gasteiger partial charge in [0, 0.05) is 0 Å². The van der Waals surface area contributed by atoms with E-state index in [9.17, 15) is 25.1 Å². The first-order chi connectivity index (χ1) is 9.79. The van der Waals surface area contributed by atoms with E-state index in [0.717, 1.165) is 0 Å². The number of aliphatic hydroxyl groups excluding tert-OH is 3. The second kappa shape index (κ2) is 5.54. The standard InChI is InChI=1S/C9H11ClN4O7/c10-7-3(11)4(14(19)20)8(18)13(12-7)9-6(17)5(16)2(1-15)21-9/h2,5-6,9,15-17H,1,11H2/t2-,5-,6-,9-/m1/s1. The molecule has 5 N–H and O–H groups in total. The van der Waals surface area contributed by atoms with Gasteiger partial charge in [0.2, 0.25) is 0 Å². The number of rotatable bonds is 3. The Hall–Kier alpha value is -1.79. The van der Waals surface area contributed by atoms with E-state index >= 15 is 0 Å². The Kier molecular flexibility index (Phi) is 4.11. The molecular formula is C9H11ClN4O7. The molecule has 1 saturated heterocycles. The van der Waals surface area contributed by atoms with Gasteiger partial charge in [-0.15, -0.1) is 0 Å². The summed E-state index contributed by atoms with van der Waals surface area (Å²) in [5.74, 6) is 0. The number of nitrogen functional groups attached to an aromatic ring is 1. The minimum Gasteiger partial charge on any atom is -0.394 e. The van der Waals surface area contributed by atoms with Gasteiger partial charge >= 0.3 is 11.2 Å². The number of aliphatic hydroxyl groups is 3. The molecule has 0 aromatic carbocycles. The first-order valence-corrected chi connectivity index (χ1v) is 6.02. The first-order valence-electron chi connectivity index (χ1n) is 5.64. The number of ether oxygens (including phenoxy) is 1. The monoisotopic (exact) mass is 322 g/mol. The van der Waals surface area contributed by atoms with E-state index in [1.807, 2.05) is 0 Å². The smallest absolute Gasteiger partial charge is 0.361 e. The highest BCUT2D eigenvalue weighted by Crippen LogP contribution is 2.30. The van der Waals surface area contributed by atoms with Gasteiger partial charge in [0.25, 0.3) is 0 Å². The van der Waals surface area contributed by atoms with Crippen LogP contribution in [-0.2, 0) is 4.74 Å². The maximum absolute atomic E-state index is 12.0. The molecule has 0 amide bonds. The summed E-state index contributed by atoms with van der Waals surface area (Å²) in [5, 5.41) is 42.2. The number of nitrogens with zero attached hydrogens (tertiary/aromatic N) is 3. The molecule has 1 aromatic rings. The Morgan fingerprint density at radius 2 is 2.10 bits per heavy atom. The average Bonchev–Trinajstić information content (AvgIpc) is 2.70. The molecule has 0 saturated carbocycles. The molecular weight excluding hydrogens is 312 g/mol. The lowest BCUT2D eigenvalue weighted by Gasteiger charge is -2.16. The van der Waals surface area contributed by atoms with Crippen LogP contribution < -0.4 is 11.3 Å². The summed E-state index contributed by atoms with van der Waals surface area (Å²) >= 11 is 5.62. The van der Waals surface area contributed by atoms with Gasteiger partial charge in [-0.05, 0) is 0 Å². The van der Waals surface area contributed by atoms with Gasteiger partial charge < -0.3 is 25.8 Å². The molecule has 1 fully saturated rings. The van der Waals surface area contributed by atoms with Gasteiger partial charge in [-0.25, -0.2) is 0 Å². The summed E-state index contributed by atoms with van der Waals surface area (Å²) in [6.07, 6.45) is -5.84. The highest BCUT2D eigenvalue weighted by Gasteiger charge is 2.45. The molecule has 2 heterocycles. The van der Waals surface area contributed by atoms with Crippen LogP contribution in [0.3, 0.4) is 0 Å². The van der Waals surface area contributed by atoms with Gasteiger partial charge in [0.1, 0.15) is 18.3 Å². The van der Waals surface area contributed by atoms with Crippen molar-refractivity contribution in [1.29, 1.82) is 0 Å². The number of anilines is 1. The van der Waals surface area contributed by atoms with Gasteiger partial charge in [-0.2, -0.15) is 9.78 Å². The van der Waals surface area contributed by atoms with Crippen LogP contribution in [0.5, 0.6) is 0 Å². The fourth-order valence-electron chi connectivity index (χ4n) is 1.95. The van der Waals surface area contributed by atoms with Crippen molar-refractivity contribution in [1.82, 2.24) is 9.78 Å². The van der Waals surface area contributed by atoms with Crippen molar-refractivity contribution in [2.45, 2.75) is 24.5 Å². The summed E-state index contributed by atoms with van der Waals surface area (Å²) in [5.41, 5.74) is 2.44. The van der Waals surface area contributed by atoms with Crippen molar-refractivity contribution in [3.8, 4) is 0 Å². The molecule has 4 atom stereocenters. The second-order valence-corrected chi connectivity index (χ2v) is 4.65. The number of hydrogen-bond acceptors (Lipinski definition) is 9. The molecule has 11 nitrogen and oxygen atoms in total. The molecule has 116 valence electrons. The third-order valence-electron chi connectivity index (χ3n) is 3.02. The molecule has 0 aliphatic carbocycles. The molecule has 1 aliphatic heterocycles. The molecule has 0 radical (unpaired) electrons. The van der Waals surface area contributed by atoms with Crippen LogP contribution >= 0.6 is 11.6 Å². The van der Waals surface area contributed by atoms with Gasteiger partial charge in [0.05, 0.1) is 11.5 Å². The summed E-state index contributed by atoms with van der Waals surface area (Å²) in [6, 6.07) is 0. The Labute approximate surface area is 121 Å². The van der Waals surface area contributed by atoms with Gasteiger partial charge in [-0.3, -0.25) is 14.9 Å². The van der Waals surface area contributed by atoms with E-state index in [2.05, 4.69) is 5.10 Å². The minimum atomic E-state index is -1.63. The number of nitrogens with two attached hydrogens (primary N) is 1. The number of halogens is 1. The van der Waals surface area contributed by atoms with Crippen molar-refractivity contribution in [3.05, 3.63) is 25.6 Å². The molecule has 1 aromatic heterocycles. The van der Waals surface area contributed by atoms with Crippen LogP contribution in [0.2, 0.25) is 5.15 Å². The SMILES string of the molecule is Nc1c(Cl)nn([C@@H]2O[C@H](CO)[C@@H](O)[C@H]2O)c(=O)c1[N+](=O)[O-]. The van der Waals surface area contributed by atoms with Crippen LogP contribution in [0.25, 0.3) is 0 Å². The lowest BCUT2D eigenvalue weighted by atomic mass is 10.1. The highest BCUT2D eigenvalue weighted by atomic mass is 35.5. The zero-order chi connectivity index (χ0) is 15.9. The predicted octanol–water partition coefficient (Wildman–Crippen LogP) is -2.00. The predicted molar refractivity (Wildman–Crippen MR) is 67.6 cm³/mol. The maximum atomic E-state index is 12.0. The van der Waals surface area contributed by atoms with Gasteiger partial charge in [-0.1, -0.05) is 11.6 Å². The fraction of sp³-hybridized carbons (Fsp3) is 0.556.